The number of nitrogens with one attached hydrogen (secondary N) is 2. The number of H-pyrrole nitrogens is 1. The molecular formula is C28H23F3N7O2+. The summed E-state index contributed by atoms with van der Waals surface area (Å²) in [5, 5.41) is 14.3. The normalized spacial score (nSPS) is 12.2. The molecule has 0 fully saturated rings. The number of aromatic amines is 1. The van der Waals surface area contributed by atoms with Crippen LogP contribution in [0.5, 0.6) is 0 Å². The van der Waals surface area contributed by atoms with E-state index in [0.29, 0.717) is 16.5 Å². The largest absolute Gasteiger partial charge is 0.437 e. The van der Waals surface area contributed by atoms with Crippen molar-refractivity contribution in [2.75, 3.05) is 19.8 Å². The first-order valence-corrected chi connectivity index (χ1v) is 12.3. The van der Waals surface area contributed by atoms with Gasteiger partial charge in [-0.2, -0.15) is 23.4 Å². The average Bonchev–Trinajstić information content (AvgIpc) is 3.50. The molecule has 202 valence electrons. The molecule has 12 heteroatoms. The first-order chi connectivity index (χ1) is 19.1. The summed E-state index contributed by atoms with van der Waals surface area (Å²) >= 11 is 0. The fraction of sp³-hybridized carbons (Fsp3) is 0.143. The van der Waals surface area contributed by atoms with E-state index in [0.717, 1.165) is 22.4 Å². The quantitative estimate of drug-likeness (QED) is 0.302. The van der Waals surface area contributed by atoms with Gasteiger partial charge in [0.1, 0.15) is 23.3 Å². The molecule has 0 saturated heterocycles. The maximum absolute atomic E-state index is 13.9. The van der Waals surface area contributed by atoms with E-state index in [1.54, 1.807) is 12.1 Å². The van der Waals surface area contributed by atoms with Crippen LogP contribution in [0.3, 0.4) is 0 Å². The van der Waals surface area contributed by atoms with E-state index in [4.69, 9.17) is 10.3 Å². The van der Waals surface area contributed by atoms with Crippen LogP contribution in [0.15, 0.2) is 76.0 Å². The lowest BCUT2D eigenvalue weighted by Crippen LogP contribution is -3.04. The molecule has 0 aliphatic heterocycles. The van der Waals surface area contributed by atoms with Crippen LogP contribution in [0.2, 0.25) is 0 Å². The molecule has 40 heavy (non-hydrogen) atoms. The summed E-state index contributed by atoms with van der Waals surface area (Å²) in [6, 6.07) is 19.7. The fourth-order valence-corrected chi connectivity index (χ4v) is 4.81. The van der Waals surface area contributed by atoms with E-state index >= 15 is 0 Å². The van der Waals surface area contributed by atoms with Gasteiger partial charge in [-0.1, -0.05) is 53.7 Å². The van der Waals surface area contributed by atoms with Gasteiger partial charge in [0.2, 0.25) is 5.43 Å². The molecule has 3 aromatic heterocycles. The molecule has 4 N–H and O–H groups in total. The SMILES string of the molecule is C[NH+](C)Cc1ccccc1-c1ccc(-c2n[nH]c3c(C(F)(F)F)nn(-c4ccc5onc(N)c5c4)c3c2=O)cc1. The lowest BCUT2D eigenvalue weighted by molar-refractivity contribution is -0.872. The third kappa shape index (κ3) is 4.28. The Balaban J connectivity index is 1.49. The van der Waals surface area contributed by atoms with E-state index in [1.807, 2.05) is 30.3 Å². The van der Waals surface area contributed by atoms with Gasteiger partial charge in [-0.05, 0) is 29.3 Å². The zero-order chi connectivity index (χ0) is 28.2. The van der Waals surface area contributed by atoms with E-state index < -0.39 is 22.8 Å². The third-order valence-corrected chi connectivity index (χ3v) is 6.62. The van der Waals surface area contributed by atoms with Crippen molar-refractivity contribution in [3.8, 4) is 28.1 Å². The minimum absolute atomic E-state index is 0.0366. The number of aromatic nitrogens is 5. The number of anilines is 1. The predicted octanol–water partition coefficient (Wildman–Crippen LogP) is 3.83. The minimum atomic E-state index is -4.83. The summed E-state index contributed by atoms with van der Waals surface area (Å²) in [7, 11) is 4.14. The van der Waals surface area contributed by atoms with Crippen LogP contribution < -0.4 is 16.1 Å². The molecule has 0 unspecified atom stereocenters. The van der Waals surface area contributed by atoms with Gasteiger partial charge in [-0.3, -0.25) is 9.89 Å². The van der Waals surface area contributed by atoms with Crippen molar-refractivity contribution in [1.29, 1.82) is 0 Å². The lowest BCUT2D eigenvalue weighted by Gasteiger charge is -2.12. The Morgan fingerprint density at radius 1 is 1.02 bits per heavy atom. The number of halogens is 3. The summed E-state index contributed by atoms with van der Waals surface area (Å²) in [4.78, 5) is 15.0. The molecule has 9 nitrogen and oxygen atoms in total. The van der Waals surface area contributed by atoms with Crippen molar-refractivity contribution < 1.29 is 22.6 Å². The Hall–Kier alpha value is -4.97. The van der Waals surface area contributed by atoms with Crippen molar-refractivity contribution in [1.82, 2.24) is 25.1 Å². The topological polar surface area (TPSA) is 120 Å². The number of hydrogen-bond donors (Lipinski definition) is 3. The highest BCUT2D eigenvalue weighted by atomic mass is 19.4. The number of rotatable bonds is 5. The van der Waals surface area contributed by atoms with Crippen molar-refractivity contribution >= 4 is 27.8 Å². The van der Waals surface area contributed by atoms with Crippen molar-refractivity contribution in [3.63, 3.8) is 0 Å². The average molecular weight is 547 g/mol. The maximum Gasteiger partial charge on any atom is 0.437 e. The molecule has 3 aromatic carbocycles. The van der Waals surface area contributed by atoms with E-state index in [1.165, 1.54) is 28.7 Å². The number of nitrogens with two attached hydrogens (primary N) is 1. The number of alkyl halides is 3. The smallest absolute Gasteiger partial charge is 0.380 e. The van der Waals surface area contributed by atoms with Crippen LogP contribution in [-0.4, -0.2) is 39.2 Å². The second kappa shape index (κ2) is 9.35. The number of hydrogen-bond acceptors (Lipinski definition) is 6. The number of nitrogens with zero attached hydrogens (tertiary/aromatic N) is 4. The molecule has 0 radical (unpaired) electrons. The van der Waals surface area contributed by atoms with Gasteiger partial charge in [0.15, 0.2) is 17.1 Å². The second-order valence-electron chi connectivity index (χ2n) is 9.75. The van der Waals surface area contributed by atoms with Crippen LogP contribution in [0.4, 0.5) is 19.0 Å². The van der Waals surface area contributed by atoms with Gasteiger partial charge in [0.05, 0.1) is 25.2 Å². The van der Waals surface area contributed by atoms with Crippen molar-refractivity contribution in [3.05, 3.63) is 88.2 Å². The Bertz CT molecular complexity index is 1940. The zero-order valence-electron chi connectivity index (χ0n) is 21.4. The first kappa shape index (κ1) is 25.3. The second-order valence-corrected chi connectivity index (χ2v) is 9.75. The fourth-order valence-electron chi connectivity index (χ4n) is 4.81. The summed E-state index contributed by atoms with van der Waals surface area (Å²) in [6.07, 6.45) is -4.83. The zero-order valence-corrected chi connectivity index (χ0v) is 21.4. The van der Waals surface area contributed by atoms with Gasteiger partial charge in [-0.15, -0.1) is 0 Å². The van der Waals surface area contributed by atoms with Crippen LogP contribution in [-0.2, 0) is 12.7 Å². The molecule has 3 heterocycles. The molecular weight excluding hydrogens is 523 g/mol. The van der Waals surface area contributed by atoms with Gasteiger partial charge in [0.25, 0.3) is 0 Å². The molecule has 0 aliphatic rings. The first-order valence-electron chi connectivity index (χ1n) is 12.3. The molecule has 0 atom stereocenters. The summed E-state index contributed by atoms with van der Waals surface area (Å²) in [6.45, 7) is 0.827. The Morgan fingerprint density at radius 2 is 1.75 bits per heavy atom. The Morgan fingerprint density at radius 3 is 2.48 bits per heavy atom. The number of benzene rings is 3. The van der Waals surface area contributed by atoms with E-state index in [2.05, 4.69) is 40.6 Å². The van der Waals surface area contributed by atoms with Gasteiger partial charge in [0, 0.05) is 11.1 Å². The van der Waals surface area contributed by atoms with Gasteiger partial charge < -0.3 is 15.2 Å². The van der Waals surface area contributed by atoms with Crippen molar-refractivity contribution in [2.24, 2.45) is 0 Å². The predicted molar refractivity (Wildman–Crippen MR) is 144 cm³/mol. The molecule has 0 spiro atoms. The van der Waals surface area contributed by atoms with E-state index in [9.17, 15) is 18.0 Å². The Labute approximate surface area is 224 Å². The molecule has 0 bridgehead atoms. The van der Waals surface area contributed by atoms with Crippen LogP contribution in [0.25, 0.3) is 50.1 Å². The van der Waals surface area contributed by atoms with Crippen molar-refractivity contribution in [2.45, 2.75) is 12.7 Å². The van der Waals surface area contributed by atoms with E-state index in [-0.39, 0.29) is 22.7 Å². The van der Waals surface area contributed by atoms with Gasteiger partial charge in [-0.25, -0.2) is 4.68 Å². The highest BCUT2D eigenvalue weighted by molar-refractivity contribution is 5.90. The Kier molecular flexibility index (Phi) is 5.91. The third-order valence-electron chi connectivity index (χ3n) is 6.62. The number of fused-ring (bicyclic) bond motifs is 2. The number of nitrogen functional groups attached to an aromatic ring is 1. The lowest BCUT2D eigenvalue weighted by atomic mass is 9.98. The molecule has 6 aromatic rings. The van der Waals surface area contributed by atoms with Gasteiger partial charge >= 0.3 is 6.18 Å². The summed E-state index contributed by atoms with van der Waals surface area (Å²) < 4.78 is 47.8. The highest BCUT2D eigenvalue weighted by Crippen LogP contribution is 2.34. The molecule has 6 rings (SSSR count). The summed E-state index contributed by atoms with van der Waals surface area (Å²) in [5.41, 5.74) is 7.17. The van der Waals surface area contributed by atoms with Crippen LogP contribution in [0, 0.1) is 0 Å². The number of quaternary nitrogens is 1. The minimum Gasteiger partial charge on any atom is -0.380 e. The standard InChI is InChI=1S/C28H22F3N7O2/c1-37(2)14-17-5-3-4-6-19(17)15-7-9-16(10-8-15)22-25(39)24-23(34-33-22)26(28(29,30)31)35-38(24)18-11-12-21-20(13-18)27(32)36-40-21/h3-13H,14H2,1-2H3,(H2,32,36)(H,34,39)/p+1. The highest BCUT2D eigenvalue weighted by Gasteiger charge is 2.39. The molecule has 0 saturated carbocycles. The van der Waals surface area contributed by atoms with Crippen LogP contribution in [0.1, 0.15) is 11.3 Å². The maximum atomic E-state index is 13.9. The van der Waals surface area contributed by atoms with Crippen LogP contribution >= 0.6 is 0 Å². The molecule has 0 aliphatic carbocycles. The summed E-state index contributed by atoms with van der Waals surface area (Å²) in [5.74, 6) is 0.0641. The molecule has 0 amide bonds. The monoisotopic (exact) mass is 546 g/mol.